The van der Waals surface area contributed by atoms with E-state index < -0.39 is 18.0 Å². The zero-order valence-corrected chi connectivity index (χ0v) is 12.2. The van der Waals surface area contributed by atoms with Crippen molar-refractivity contribution >= 4 is 29.3 Å². The van der Waals surface area contributed by atoms with Crippen molar-refractivity contribution in [2.24, 2.45) is 0 Å². The highest BCUT2D eigenvalue weighted by Crippen LogP contribution is 1.95. The van der Waals surface area contributed by atoms with Crippen molar-refractivity contribution in [2.75, 3.05) is 34.3 Å². The first-order chi connectivity index (χ1) is 8.86. The largest absolute Gasteiger partial charge is 0.480 e. The maximum absolute atomic E-state index is 11.0. The first-order valence-corrected chi connectivity index (χ1v) is 6.26. The number of carbonyl (C=O) groups is 2. The fourth-order valence-electron chi connectivity index (χ4n) is 1.26. The topological polar surface area (TPSA) is 90.9 Å². The molecule has 7 nitrogen and oxygen atoms in total. The molecule has 110 valence electrons. The van der Waals surface area contributed by atoms with Crippen molar-refractivity contribution in [3.05, 3.63) is 0 Å². The minimum Gasteiger partial charge on any atom is -0.480 e. The fourth-order valence-corrected chi connectivity index (χ4v) is 1.50. The monoisotopic (exact) mass is 291 g/mol. The average molecular weight is 291 g/mol. The summed E-state index contributed by atoms with van der Waals surface area (Å²) >= 11 is 4.97. The molecule has 0 aromatic rings. The van der Waals surface area contributed by atoms with Crippen molar-refractivity contribution in [3.8, 4) is 0 Å². The van der Waals surface area contributed by atoms with Gasteiger partial charge in [0.25, 0.3) is 0 Å². The number of esters is 1. The van der Waals surface area contributed by atoms with E-state index in [-0.39, 0.29) is 11.5 Å². The van der Waals surface area contributed by atoms with Gasteiger partial charge in [-0.3, -0.25) is 4.79 Å². The summed E-state index contributed by atoms with van der Waals surface area (Å²) in [5.74, 6) is -1.75. The number of nitrogens with zero attached hydrogens (tertiary/aromatic N) is 1. The highest BCUT2D eigenvalue weighted by atomic mass is 32.1. The number of carbonyl (C=O) groups excluding carboxylic acids is 1. The van der Waals surface area contributed by atoms with Gasteiger partial charge in [0.05, 0.1) is 13.5 Å². The van der Waals surface area contributed by atoms with Gasteiger partial charge in [0.1, 0.15) is 6.04 Å². The van der Waals surface area contributed by atoms with Gasteiger partial charge in [0, 0.05) is 6.54 Å². The molecule has 0 aromatic heterocycles. The van der Waals surface area contributed by atoms with Crippen LogP contribution in [0.15, 0.2) is 0 Å². The van der Waals surface area contributed by atoms with E-state index in [4.69, 9.17) is 17.3 Å². The molecule has 0 aliphatic heterocycles. The third-order valence-electron chi connectivity index (χ3n) is 2.27. The molecule has 0 heterocycles. The van der Waals surface area contributed by atoms with Crippen molar-refractivity contribution in [2.45, 2.75) is 18.9 Å². The Morgan fingerprint density at radius 2 is 2.05 bits per heavy atom. The molecule has 0 unspecified atom stereocenters. The predicted molar refractivity (Wildman–Crippen MR) is 75.0 cm³/mol. The Morgan fingerprint density at radius 1 is 1.42 bits per heavy atom. The number of carboxylic acid groups (broad SMARTS) is 1. The Balaban J connectivity index is 4.04. The molecule has 3 N–H and O–H groups in total. The maximum Gasteiger partial charge on any atom is 0.326 e. The number of thiocarbonyl (C=S) groups is 1. The molecule has 0 fully saturated rings. The van der Waals surface area contributed by atoms with Crippen LogP contribution in [0.3, 0.4) is 0 Å². The lowest BCUT2D eigenvalue weighted by atomic mass is 10.2. The van der Waals surface area contributed by atoms with E-state index in [1.54, 1.807) is 0 Å². The molecular formula is C11H21N3O4S. The van der Waals surface area contributed by atoms with Crippen LogP contribution in [-0.2, 0) is 14.3 Å². The van der Waals surface area contributed by atoms with Gasteiger partial charge in [-0.1, -0.05) is 0 Å². The Labute approximate surface area is 118 Å². The number of hydrogen-bond acceptors (Lipinski definition) is 5. The fraction of sp³-hybridized carbons (Fsp3) is 0.727. The summed E-state index contributed by atoms with van der Waals surface area (Å²) in [5, 5.41) is 14.6. The number of ether oxygens (including phenoxy) is 1. The van der Waals surface area contributed by atoms with E-state index >= 15 is 0 Å². The van der Waals surface area contributed by atoms with E-state index in [9.17, 15) is 9.59 Å². The van der Waals surface area contributed by atoms with Gasteiger partial charge in [-0.05, 0) is 39.3 Å². The van der Waals surface area contributed by atoms with Crippen molar-refractivity contribution in [1.82, 2.24) is 15.5 Å². The average Bonchev–Trinajstić information content (AvgIpc) is 2.33. The molecule has 0 radical (unpaired) electrons. The second-order valence-corrected chi connectivity index (χ2v) is 4.64. The van der Waals surface area contributed by atoms with Crippen LogP contribution in [0.1, 0.15) is 12.8 Å². The summed E-state index contributed by atoms with van der Waals surface area (Å²) in [4.78, 5) is 24.0. The molecule has 0 rings (SSSR count). The van der Waals surface area contributed by atoms with Gasteiger partial charge in [0.2, 0.25) is 0 Å². The quantitative estimate of drug-likeness (QED) is 0.311. The maximum atomic E-state index is 11.0. The Bertz CT molecular complexity index is 323. The second kappa shape index (κ2) is 9.51. The standard InChI is InChI=1S/C11H21N3O4S/c1-14(2)6-4-5-12-11(19)13-8(10(16)17)7-9(15)18-3/h8H,4-7H2,1-3H3,(H,16,17)(H2,12,13,19)/t8-/m0/s1. The van der Waals surface area contributed by atoms with Gasteiger partial charge < -0.3 is 25.4 Å². The van der Waals surface area contributed by atoms with Crippen LogP contribution in [0.4, 0.5) is 0 Å². The lowest BCUT2D eigenvalue weighted by Gasteiger charge is -2.17. The summed E-state index contributed by atoms with van der Waals surface area (Å²) in [5.41, 5.74) is 0. The first kappa shape index (κ1) is 17.6. The number of methoxy groups -OCH3 is 1. The summed E-state index contributed by atoms with van der Waals surface area (Å²) in [6.45, 7) is 1.54. The van der Waals surface area contributed by atoms with Crippen molar-refractivity contribution in [1.29, 1.82) is 0 Å². The van der Waals surface area contributed by atoms with E-state index in [1.807, 2.05) is 19.0 Å². The van der Waals surface area contributed by atoms with Gasteiger partial charge in [-0.25, -0.2) is 4.79 Å². The van der Waals surface area contributed by atoms with E-state index in [0.717, 1.165) is 13.0 Å². The predicted octanol–water partition coefficient (Wildman–Crippen LogP) is -0.581. The SMILES string of the molecule is COC(=O)C[C@H](NC(=S)NCCCN(C)C)C(=O)O. The minimum atomic E-state index is -1.15. The van der Waals surface area contributed by atoms with Gasteiger partial charge in [0.15, 0.2) is 5.11 Å². The Morgan fingerprint density at radius 3 is 2.53 bits per heavy atom. The lowest BCUT2D eigenvalue weighted by molar-refractivity contribution is -0.147. The molecule has 0 saturated heterocycles. The third kappa shape index (κ3) is 9.20. The molecule has 1 atom stereocenters. The molecular weight excluding hydrogens is 270 g/mol. The van der Waals surface area contributed by atoms with Gasteiger partial charge in [-0.15, -0.1) is 0 Å². The molecule has 0 aromatic carbocycles. The Kier molecular flexibility index (Phi) is 8.81. The van der Waals surface area contributed by atoms with Crippen LogP contribution in [-0.4, -0.2) is 67.4 Å². The normalized spacial score (nSPS) is 11.8. The van der Waals surface area contributed by atoms with E-state index in [0.29, 0.717) is 6.54 Å². The van der Waals surface area contributed by atoms with Gasteiger partial charge >= 0.3 is 11.9 Å². The van der Waals surface area contributed by atoms with Crippen LogP contribution in [0.2, 0.25) is 0 Å². The molecule has 0 aliphatic rings. The van der Waals surface area contributed by atoms with E-state index in [1.165, 1.54) is 7.11 Å². The number of carboxylic acids is 1. The third-order valence-corrected chi connectivity index (χ3v) is 2.53. The smallest absolute Gasteiger partial charge is 0.326 e. The number of aliphatic carboxylic acids is 1. The number of hydrogen-bond donors (Lipinski definition) is 3. The zero-order valence-electron chi connectivity index (χ0n) is 11.4. The van der Waals surface area contributed by atoms with Crippen LogP contribution in [0.25, 0.3) is 0 Å². The van der Waals surface area contributed by atoms with Gasteiger partial charge in [-0.2, -0.15) is 0 Å². The molecule has 0 bridgehead atoms. The van der Waals surface area contributed by atoms with Crippen LogP contribution in [0.5, 0.6) is 0 Å². The molecule has 19 heavy (non-hydrogen) atoms. The second-order valence-electron chi connectivity index (χ2n) is 4.23. The highest BCUT2D eigenvalue weighted by molar-refractivity contribution is 7.80. The highest BCUT2D eigenvalue weighted by Gasteiger charge is 2.22. The molecule has 8 heteroatoms. The lowest BCUT2D eigenvalue weighted by Crippen LogP contribution is -2.47. The molecule has 0 aliphatic carbocycles. The Hall–Kier alpha value is -1.41. The van der Waals surface area contributed by atoms with Crippen molar-refractivity contribution < 1.29 is 19.4 Å². The van der Waals surface area contributed by atoms with Crippen LogP contribution < -0.4 is 10.6 Å². The molecule has 0 spiro atoms. The summed E-state index contributed by atoms with van der Waals surface area (Å²) < 4.78 is 4.43. The van der Waals surface area contributed by atoms with Crippen LogP contribution >= 0.6 is 12.2 Å². The van der Waals surface area contributed by atoms with Crippen LogP contribution in [0, 0.1) is 0 Å². The van der Waals surface area contributed by atoms with Crippen molar-refractivity contribution in [3.63, 3.8) is 0 Å². The molecule has 0 amide bonds. The number of rotatable bonds is 8. The summed E-state index contributed by atoms with van der Waals surface area (Å²) in [6, 6.07) is -1.08. The molecule has 0 saturated carbocycles. The summed E-state index contributed by atoms with van der Waals surface area (Å²) in [6.07, 6.45) is 0.606. The van der Waals surface area contributed by atoms with E-state index in [2.05, 4.69) is 15.4 Å². The zero-order chi connectivity index (χ0) is 14.8. The summed E-state index contributed by atoms with van der Waals surface area (Å²) in [7, 11) is 5.14. The first-order valence-electron chi connectivity index (χ1n) is 5.85. The number of nitrogens with one attached hydrogen (secondary N) is 2. The minimum absolute atomic E-state index is 0.218.